The lowest BCUT2D eigenvalue weighted by Gasteiger charge is -2.28. The van der Waals surface area contributed by atoms with Crippen LogP contribution < -0.4 is 5.32 Å². The van der Waals surface area contributed by atoms with Crippen LogP contribution in [-0.4, -0.2) is 63.0 Å². The van der Waals surface area contributed by atoms with Crippen LogP contribution in [0.15, 0.2) is 18.2 Å². The number of rotatable bonds is 4. The number of hydrogen-bond acceptors (Lipinski definition) is 6. The first-order valence-corrected chi connectivity index (χ1v) is 13.6. The molecule has 2 aliphatic heterocycles. The predicted octanol–water partition coefficient (Wildman–Crippen LogP) is 5.02. The maximum atomic E-state index is 13.3. The third-order valence-corrected chi connectivity index (χ3v) is 8.13. The summed E-state index contributed by atoms with van der Waals surface area (Å²) in [7, 11) is 0. The summed E-state index contributed by atoms with van der Waals surface area (Å²) in [6.45, 7) is 7.11. The highest BCUT2D eigenvalue weighted by Crippen LogP contribution is 2.36. The fourth-order valence-corrected chi connectivity index (χ4v) is 5.75. The summed E-state index contributed by atoms with van der Waals surface area (Å²) in [5.41, 5.74) is 1.16. The van der Waals surface area contributed by atoms with Crippen molar-refractivity contribution in [2.24, 2.45) is 0 Å². The van der Waals surface area contributed by atoms with Crippen molar-refractivity contribution in [1.82, 2.24) is 14.7 Å². The highest BCUT2D eigenvalue weighted by Gasteiger charge is 2.46. The van der Waals surface area contributed by atoms with Crippen LogP contribution in [0.4, 0.5) is 10.5 Å². The number of ether oxygens (including phenoxy) is 2. The van der Waals surface area contributed by atoms with Crippen molar-refractivity contribution in [2.45, 2.75) is 63.0 Å². The number of carbonyl (C=O) groups is 2. The summed E-state index contributed by atoms with van der Waals surface area (Å²) < 4.78 is 13.5. The SMILES string of the molecule is CS[C@@]1(C(=O)Nc2ccc3c(c2)c(I)nn3C2CCCCO2)CCN(C(=O)OC(C)(C)C)C1. The molecule has 1 unspecified atom stereocenters. The van der Waals surface area contributed by atoms with E-state index in [4.69, 9.17) is 14.6 Å². The Kier molecular flexibility index (Phi) is 7.16. The maximum Gasteiger partial charge on any atom is 0.410 e. The fourth-order valence-electron chi connectivity index (χ4n) is 4.27. The Morgan fingerprint density at radius 3 is 2.79 bits per heavy atom. The second kappa shape index (κ2) is 9.61. The zero-order valence-electron chi connectivity index (χ0n) is 19.5. The molecule has 1 N–H and O–H groups in total. The van der Waals surface area contributed by atoms with Crippen molar-refractivity contribution in [3.05, 3.63) is 21.9 Å². The smallest absolute Gasteiger partial charge is 0.410 e. The van der Waals surface area contributed by atoms with E-state index in [1.807, 2.05) is 49.9 Å². The topological polar surface area (TPSA) is 85.7 Å². The number of halogens is 1. The molecule has 10 heteroatoms. The highest BCUT2D eigenvalue weighted by molar-refractivity contribution is 14.1. The predicted molar refractivity (Wildman–Crippen MR) is 139 cm³/mol. The minimum absolute atomic E-state index is 0.0395. The van der Waals surface area contributed by atoms with Crippen molar-refractivity contribution >= 4 is 62.9 Å². The van der Waals surface area contributed by atoms with Gasteiger partial charge in [0.1, 0.15) is 14.0 Å². The van der Waals surface area contributed by atoms with E-state index < -0.39 is 10.3 Å². The van der Waals surface area contributed by atoms with Crippen molar-refractivity contribution in [3.63, 3.8) is 0 Å². The molecule has 3 heterocycles. The molecule has 2 amide bonds. The largest absolute Gasteiger partial charge is 0.444 e. The number of anilines is 1. The lowest BCUT2D eigenvalue weighted by Crippen LogP contribution is -2.44. The summed E-state index contributed by atoms with van der Waals surface area (Å²) in [6, 6.07) is 5.87. The molecule has 1 aromatic heterocycles. The molecular formula is C23H31IN4O4S. The van der Waals surface area contributed by atoms with E-state index in [2.05, 4.69) is 27.9 Å². The molecule has 0 radical (unpaired) electrons. The standard InChI is InChI=1S/C23H31IN4O4S/c1-22(2,3)32-21(30)27-11-10-23(14-27,33-4)20(29)25-15-8-9-17-16(13-15)19(24)26-28(17)18-7-5-6-12-31-18/h8-9,13,18H,5-7,10-12,14H2,1-4H3,(H,25,29)/t18?,23-/m0/s1. The number of hydrogen-bond donors (Lipinski definition) is 1. The van der Waals surface area contributed by atoms with Crippen LogP contribution in [0.5, 0.6) is 0 Å². The first kappa shape index (κ1) is 24.6. The number of aromatic nitrogens is 2. The molecule has 0 bridgehead atoms. The van der Waals surface area contributed by atoms with Crippen LogP contribution in [0.2, 0.25) is 0 Å². The molecule has 180 valence electrons. The average molecular weight is 586 g/mol. The molecular weight excluding hydrogens is 555 g/mol. The first-order chi connectivity index (χ1) is 15.6. The number of amides is 2. The summed E-state index contributed by atoms with van der Waals surface area (Å²) in [4.78, 5) is 27.5. The van der Waals surface area contributed by atoms with E-state index in [0.717, 1.165) is 46.2 Å². The minimum Gasteiger partial charge on any atom is -0.444 e. The van der Waals surface area contributed by atoms with E-state index >= 15 is 0 Å². The summed E-state index contributed by atoms with van der Waals surface area (Å²) in [5.74, 6) is -0.0987. The van der Waals surface area contributed by atoms with Gasteiger partial charge in [0.15, 0.2) is 6.23 Å². The Morgan fingerprint density at radius 1 is 1.33 bits per heavy atom. The van der Waals surface area contributed by atoms with Gasteiger partial charge in [0, 0.05) is 30.8 Å². The summed E-state index contributed by atoms with van der Waals surface area (Å²) >= 11 is 3.71. The number of fused-ring (bicyclic) bond motifs is 1. The number of nitrogens with zero attached hydrogens (tertiary/aromatic N) is 3. The number of carbonyl (C=O) groups excluding carboxylic acids is 2. The number of thioether (sulfide) groups is 1. The molecule has 33 heavy (non-hydrogen) atoms. The first-order valence-electron chi connectivity index (χ1n) is 11.3. The van der Waals surface area contributed by atoms with Gasteiger partial charge in [-0.1, -0.05) is 0 Å². The van der Waals surface area contributed by atoms with Crippen LogP contribution >= 0.6 is 34.4 Å². The van der Waals surface area contributed by atoms with Crippen molar-refractivity contribution in [3.8, 4) is 0 Å². The van der Waals surface area contributed by atoms with Crippen LogP contribution in [0, 0.1) is 3.70 Å². The van der Waals surface area contributed by atoms with E-state index in [1.165, 1.54) is 11.8 Å². The van der Waals surface area contributed by atoms with Crippen LogP contribution in [0.25, 0.3) is 10.9 Å². The Bertz CT molecular complexity index is 1050. The number of nitrogens with one attached hydrogen (secondary N) is 1. The van der Waals surface area contributed by atoms with Crippen molar-refractivity contribution < 1.29 is 19.1 Å². The minimum atomic E-state index is -0.709. The Morgan fingerprint density at radius 2 is 2.12 bits per heavy atom. The van der Waals surface area contributed by atoms with Gasteiger partial charge in [-0.05, 0) is 93.5 Å². The monoisotopic (exact) mass is 586 g/mol. The van der Waals surface area contributed by atoms with E-state index in [-0.39, 0.29) is 18.2 Å². The van der Waals surface area contributed by atoms with Gasteiger partial charge in [-0.3, -0.25) is 4.79 Å². The van der Waals surface area contributed by atoms with Crippen LogP contribution in [0.1, 0.15) is 52.7 Å². The number of benzene rings is 1. The molecule has 0 aliphatic carbocycles. The van der Waals surface area contributed by atoms with Gasteiger partial charge in [-0.15, -0.1) is 11.8 Å². The van der Waals surface area contributed by atoms with E-state index in [0.29, 0.717) is 19.5 Å². The zero-order valence-corrected chi connectivity index (χ0v) is 22.5. The Balaban J connectivity index is 1.50. The van der Waals surface area contributed by atoms with Gasteiger partial charge in [0.05, 0.1) is 5.52 Å². The average Bonchev–Trinajstić information content (AvgIpc) is 3.36. The van der Waals surface area contributed by atoms with Crippen LogP contribution in [-0.2, 0) is 14.3 Å². The highest BCUT2D eigenvalue weighted by atomic mass is 127. The Hall–Kier alpha value is -1.53. The van der Waals surface area contributed by atoms with Gasteiger partial charge >= 0.3 is 6.09 Å². The molecule has 2 atom stereocenters. The molecule has 4 rings (SSSR count). The molecule has 2 aromatic rings. The molecule has 2 saturated heterocycles. The van der Waals surface area contributed by atoms with Gasteiger partial charge in [0.2, 0.25) is 5.91 Å². The molecule has 0 spiro atoms. The normalized spacial score (nSPS) is 23.7. The van der Waals surface area contributed by atoms with Gasteiger partial charge in [-0.2, -0.15) is 5.10 Å². The molecule has 2 aliphatic rings. The zero-order chi connectivity index (χ0) is 23.8. The maximum absolute atomic E-state index is 13.3. The van der Waals surface area contributed by atoms with E-state index in [1.54, 1.807) is 4.90 Å². The molecule has 8 nitrogen and oxygen atoms in total. The van der Waals surface area contributed by atoms with Gasteiger partial charge in [-0.25, -0.2) is 9.48 Å². The third-order valence-electron chi connectivity index (χ3n) is 6.04. The van der Waals surface area contributed by atoms with Crippen LogP contribution in [0.3, 0.4) is 0 Å². The summed E-state index contributed by atoms with van der Waals surface area (Å²) in [6.07, 6.45) is 5.26. The molecule has 0 saturated carbocycles. The van der Waals surface area contributed by atoms with Crippen molar-refractivity contribution in [1.29, 1.82) is 0 Å². The quantitative estimate of drug-likeness (QED) is 0.507. The summed E-state index contributed by atoms with van der Waals surface area (Å²) in [5, 5.41) is 8.77. The third kappa shape index (κ3) is 5.27. The fraction of sp³-hybridized carbons (Fsp3) is 0.609. The lowest BCUT2D eigenvalue weighted by molar-refractivity contribution is -0.118. The van der Waals surface area contributed by atoms with Crippen molar-refractivity contribution in [2.75, 3.05) is 31.3 Å². The lowest BCUT2D eigenvalue weighted by atomic mass is 10.1. The van der Waals surface area contributed by atoms with Gasteiger partial charge < -0.3 is 19.7 Å². The Labute approximate surface area is 212 Å². The second-order valence-corrected chi connectivity index (χ2v) is 11.8. The van der Waals surface area contributed by atoms with Gasteiger partial charge in [0.25, 0.3) is 0 Å². The molecule has 2 fully saturated rings. The van der Waals surface area contributed by atoms with E-state index in [9.17, 15) is 9.59 Å². The molecule has 1 aromatic carbocycles. The second-order valence-electron chi connectivity index (χ2n) is 9.59. The number of likely N-dealkylation sites (tertiary alicyclic amines) is 1.